The lowest BCUT2D eigenvalue weighted by molar-refractivity contribution is -0.160. The maximum atomic E-state index is 14.0. The van der Waals surface area contributed by atoms with Crippen molar-refractivity contribution in [3.05, 3.63) is 107 Å². The molecule has 0 spiro atoms. The molecule has 4 rings (SSSR count). The molecule has 0 saturated carbocycles. The highest BCUT2D eigenvalue weighted by Crippen LogP contribution is 2.40. The third-order valence-electron chi connectivity index (χ3n) is 7.18. The molecule has 0 radical (unpaired) electrons. The van der Waals surface area contributed by atoms with Crippen LogP contribution in [0.4, 0.5) is 8.78 Å². The molecule has 1 heterocycles. The predicted molar refractivity (Wildman–Crippen MR) is 141 cm³/mol. The molecule has 1 aliphatic heterocycles. The van der Waals surface area contributed by atoms with Crippen LogP contribution in [0.2, 0.25) is 0 Å². The molecule has 0 aromatic heterocycles. The zero-order valence-electron chi connectivity index (χ0n) is 21.7. The number of aliphatic hydroxyl groups excluding tert-OH is 1. The molecule has 1 fully saturated rings. The van der Waals surface area contributed by atoms with Crippen molar-refractivity contribution in [3.63, 3.8) is 0 Å². The molecule has 3 N–H and O–H groups in total. The van der Waals surface area contributed by atoms with Crippen LogP contribution in [-0.4, -0.2) is 51.8 Å². The number of carbonyl (C=O) groups is 3. The summed E-state index contributed by atoms with van der Waals surface area (Å²) in [4.78, 5) is 43.2. The third kappa shape index (κ3) is 6.05. The van der Waals surface area contributed by atoms with Crippen molar-refractivity contribution in [2.75, 3.05) is 7.05 Å². The van der Waals surface area contributed by atoms with Gasteiger partial charge in [0.15, 0.2) is 6.10 Å². The first-order chi connectivity index (χ1) is 18.6. The summed E-state index contributed by atoms with van der Waals surface area (Å²) in [6.07, 6.45) is -1.51. The molecule has 204 valence electrons. The minimum absolute atomic E-state index is 0.0744. The molecule has 7 nitrogen and oxygen atoms in total. The summed E-state index contributed by atoms with van der Waals surface area (Å²) in [7, 11) is 1.61. The standard InChI is InChI=1S/C30H31F2N3O4/c1-18(33)28(37)35(30(39)27(36)22-13-23(31)17-24(32)14-22)26-16-21(19-9-5-3-6-10-19)15-25(34(2)29(26)38)20-11-7-4-8-12-20/h3-14,17-18,21,25-27,36H,15-16,33H2,1-2H3/t18-,21-,25-,26-,27+/m0/s1. The molecular formula is C30H31F2N3O4. The van der Waals surface area contributed by atoms with E-state index in [2.05, 4.69) is 0 Å². The number of hydrogen-bond acceptors (Lipinski definition) is 5. The van der Waals surface area contributed by atoms with Crippen LogP contribution in [-0.2, 0) is 14.4 Å². The Balaban J connectivity index is 1.80. The maximum Gasteiger partial charge on any atom is 0.263 e. The van der Waals surface area contributed by atoms with Crippen LogP contribution < -0.4 is 5.73 Å². The first-order valence-electron chi connectivity index (χ1n) is 12.7. The van der Waals surface area contributed by atoms with E-state index < -0.39 is 47.5 Å². The number of nitrogens with zero attached hydrogens (tertiary/aromatic N) is 2. The van der Waals surface area contributed by atoms with Crippen LogP contribution in [0.1, 0.15) is 54.5 Å². The quantitative estimate of drug-likeness (QED) is 0.499. The topological polar surface area (TPSA) is 104 Å². The summed E-state index contributed by atoms with van der Waals surface area (Å²) in [6.45, 7) is 1.36. The van der Waals surface area contributed by atoms with Crippen LogP contribution in [0.25, 0.3) is 0 Å². The van der Waals surface area contributed by atoms with Crippen molar-refractivity contribution in [2.45, 2.75) is 49.9 Å². The molecule has 39 heavy (non-hydrogen) atoms. The fourth-order valence-electron chi connectivity index (χ4n) is 5.17. The number of benzene rings is 3. The van der Waals surface area contributed by atoms with E-state index in [1.54, 1.807) is 7.05 Å². The normalized spacial score (nSPS) is 21.1. The summed E-state index contributed by atoms with van der Waals surface area (Å²) in [6, 6.07) is 18.2. The minimum Gasteiger partial charge on any atom is -0.378 e. The SMILES string of the molecule is C[C@H](N)C(=O)N(C(=O)[C@H](O)c1cc(F)cc(F)c1)[C@H]1C[C@@H](c2ccccc2)C[C@@H](c2ccccc2)N(C)C1=O. The van der Waals surface area contributed by atoms with Gasteiger partial charge in [0.25, 0.3) is 5.91 Å². The summed E-state index contributed by atoms with van der Waals surface area (Å²) in [5.41, 5.74) is 7.31. The van der Waals surface area contributed by atoms with Crippen molar-refractivity contribution in [1.82, 2.24) is 9.80 Å². The number of likely N-dealkylation sites (N-methyl/N-ethyl adjacent to an activating group) is 1. The van der Waals surface area contributed by atoms with Crippen LogP contribution in [0.15, 0.2) is 78.9 Å². The number of nitrogens with two attached hydrogens (primary N) is 1. The van der Waals surface area contributed by atoms with E-state index in [9.17, 15) is 28.3 Å². The van der Waals surface area contributed by atoms with Gasteiger partial charge < -0.3 is 15.7 Å². The van der Waals surface area contributed by atoms with Gasteiger partial charge in [0.2, 0.25) is 11.8 Å². The largest absolute Gasteiger partial charge is 0.378 e. The number of aliphatic hydroxyl groups is 1. The molecule has 9 heteroatoms. The second-order valence-electron chi connectivity index (χ2n) is 9.91. The Morgan fingerprint density at radius 1 is 0.923 bits per heavy atom. The average molecular weight is 536 g/mol. The second kappa shape index (κ2) is 11.8. The number of imide groups is 1. The van der Waals surface area contributed by atoms with Crippen LogP contribution in [0.3, 0.4) is 0 Å². The smallest absolute Gasteiger partial charge is 0.263 e. The van der Waals surface area contributed by atoms with E-state index in [4.69, 9.17) is 5.73 Å². The van der Waals surface area contributed by atoms with E-state index >= 15 is 0 Å². The summed E-state index contributed by atoms with van der Waals surface area (Å²) >= 11 is 0. The van der Waals surface area contributed by atoms with Crippen molar-refractivity contribution >= 4 is 17.7 Å². The van der Waals surface area contributed by atoms with Crippen molar-refractivity contribution in [1.29, 1.82) is 0 Å². The Bertz CT molecular complexity index is 1320. The summed E-state index contributed by atoms with van der Waals surface area (Å²) in [5.74, 6) is -4.83. The number of hydrogen-bond donors (Lipinski definition) is 2. The Hall–Kier alpha value is -3.95. The molecule has 3 aromatic carbocycles. The van der Waals surface area contributed by atoms with Gasteiger partial charge in [-0.15, -0.1) is 0 Å². The molecule has 3 aromatic rings. The molecule has 0 bridgehead atoms. The first kappa shape index (κ1) is 28.1. The van der Waals surface area contributed by atoms with Gasteiger partial charge in [-0.1, -0.05) is 60.7 Å². The molecule has 1 saturated heterocycles. The van der Waals surface area contributed by atoms with Crippen LogP contribution in [0, 0.1) is 11.6 Å². The van der Waals surface area contributed by atoms with Crippen molar-refractivity contribution in [2.24, 2.45) is 5.73 Å². The highest BCUT2D eigenvalue weighted by molar-refractivity contribution is 6.04. The molecular weight excluding hydrogens is 504 g/mol. The molecule has 3 amide bonds. The fraction of sp³-hybridized carbons (Fsp3) is 0.300. The molecule has 1 aliphatic rings. The first-order valence-corrected chi connectivity index (χ1v) is 12.7. The second-order valence-corrected chi connectivity index (χ2v) is 9.91. The van der Waals surface area contributed by atoms with Gasteiger partial charge in [-0.25, -0.2) is 8.78 Å². The van der Waals surface area contributed by atoms with Gasteiger partial charge >= 0.3 is 0 Å². The number of likely N-dealkylation sites (tertiary alicyclic amines) is 1. The zero-order chi connectivity index (χ0) is 28.3. The monoisotopic (exact) mass is 535 g/mol. The Morgan fingerprint density at radius 2 is 1.46 bits per heavy atom. The van der Waals surface area contributed by atoms with Gasteiger partial charge in [0.05, 0.1) is 12.1 Å². The Labute approximate surface area is 225 Å². The number of carbonyl (C=O) groups excluding carboxylic acids is 3. The van der Waals surface area contributed by atoms with Crippen molar-refractivity contribution < 1.29 is 28.3 Å². The lowest BCUT2D eigenvalue weighted by Crippen LogP contribution is -2.57. The fourth-order valence-corrected chi connectivity index (χ4v) is 5.17. The number of halogens is 2. The van der Waals surface area contributed by atoms with Crippen LogP contribution >= 0.6 is 0 Å². The number of amides is 3. The minimum atomic E-state index is -2.10. The number of rotatable bonds is 6. The highest BCUT2D eigenvalue weighted by atomic mass is 19.1. The Kier molecular flexibility index (Phi) is 8.52. The lowest BCUT2D eigenvalue weighted by Gasteiger charge is -2.34. The van der Waals surface area contributed by atoms with E-state index in [1.165, 1.54) is 11.8 Å². The summed E-state index contributed by atoms with van der Waals surface area (Å²) in [5, 5.41) is 10.9. The van der Waals surface area contributed by atoms with Crippen LogP contribution in [0.5, 0.6) is 0 Å². The maximum absolute atomic E-state index is 14.0. The van der Waals surface area contributed by atoms with E-state index in [-0.39, 0.29) is 23.9 Å². The van der Waals surface area contributed by atoms with Crippen molar-refractivity contribution in [3.8, 4) is 0 Å². The van der Waals surface area contributed by atoms with E-state index in [0.29, 0.717) is 17.4 Å². The van der Waals surface area contributed by atoms with Gasteiger partial charge in [-0.3, -0.25) is 19.3 Å². The predicted octanol–water partition coefficient (Wildman–Crippen LogP) is 3.85. The highest BCUT2D eigenvalue weighted by Gasteiger charge is 2.45. The molecule has 0 unspecified atom stereocenters. The zero-order valence-corrected chi connectivity index (χ0v) is 21.7. The van der Waals surface area contributed by atoms with Gasteiger partial charge in [-0.2, -0.15) is 0 Å². The molecule has 5 atom stereocenters. The van der Waals surface area contributed by atoms with Gasteiger partial charge in [-0.05, 0) is 54.5 Å². The van der Waals surface area contributed by atoms with E-state index in [0.717, 1.165) is 23.3 Å². The van der Waals surface area contributed by atoms with E-state index in [1.807, 2.05) is 60.7 Å². The average Bonchev–Trinajstić information content (AvgIpc) is 3.05. The molecule has 0 aliphatic carbocycles. The van der Waals surface area contributed by atoms with Gasteiger partial charge in [0, 0.05) is 13.1 Å². The Morgan fingerprint density at radius 3 is 2.00 bits per heavy atom. The summed E-state index contributed by atoms with van der Waals surface area (Å²) < 4.78 is 27.8. The third-order valence-corrected chi connectivity index (χ3v) is 7.18. The van der Waals surface area contributed by atoms with Gasteiger partial charge in [0.1, 0.15) is 17.7 Å². The lowest BCUT2D eigenvalue weighted by atomic mass is 9.86.